The van der Waals surface area contributed by atoms with Crippen LogP contribution in [0.4, 0.5) is 4.39 Å². The molecule has 2 aromatic carbocycles. The molecule has 102 valence electrons. The molecule has 0 amide bonds. The number of Topliss-reactive ketones (excluding diaryl/α,β-unsaturated/α-hetero) is 1. The molecule has 1 aromatic heterocycles. The van der Waals surface area contributed by atoms with Gasteiger partial charge in [-0.05, 0) is 24.3 Å². The topological polar surface area (TPSA) is 53.8 Å². The Morgan fingerprint density at radius 2 is 2.05 bits per heavy atom. The Bertz CT molecular complexity index is 833. The first-order chi connectivity index (χ1) is 10.2. The van der Waals surface area contributed by atoms with Gasteiger partial charge in [0.25, 0.3) is 0 Å². The second-order valence-corrected chi connectivity index (χ2v) is 5.52. The van der Waals surface area contributed by atoms with Crippen LogP contribution in [0, 0.1) is 17.1 Å². The van der Waals surface area contributed by atoms with E-state index in [1.165, 1.54) is 29.5 Å². The van der Waals surface area contributed by atoms with Crippen molar-refractivity contribution in [3.8, 4) is 6.07 Å². The van der Waals surface area contributed by atoms with Crippen molar-refractivity contribution < 1.29 is 9.18 Å². The van der Waals surface area contributed by atoms with Crippen LogP contribution in [0.1, 0.15) is 21.3 Å². The van der Waals surface area contributed by atoms with Gasteiger partial charge in [-0.15, -0.1) is 11.3 Å². The zero-order valence-electron chi connectivity index (χ0n) is 10.8. The third-order valence-corrected chi connectivity index (χ3v) is 4.16. The molecule has 0 saturated carbocycles. The molecule has 21 heavy (non-hydrogen) atoms. The van der Waals surface area contributed by atoms with E-state index in [2.05, 4.69) is 4.98 Å². The third kappa shape index (κ3) is 2.54. The number of fused-ring (bicyclic) bond motifs is 1. The summed E-state index contributed by atoms with van der Waals surface area (Å²) >= 11 is 1.31. The number of carbonyl (C=O) groups is 1. The molecule has 0 unspecified atom stereocenters. The van der Waals surface area contributed by atoms with Crippen molar-refractivity contribution >= 4 is 27.3 Å². The molecule has 1 heterocycles. The number of halogens is 1. The maximum Gasteiger partial charge on any atom is 0.187 e. The van der Waals surface area contributed by atoms with E-state index in [-0.39, 0.29) is 5.56 Å². The summed E-state index contributed by atoms with van der Waals surface area (Å²) in [6.45, 7) is 0. The fourth-order valence-corrected chi connectivity index (χ4v) is 3.06. The minimum Gasteiger partial charge on any atom is -0.292 e. The zero-order chi connectivity index (χ0) is 14.8. The van der Waals surface area contributed by atoms with Gasteiger partial charge in [-0.2, -0.15) is 5.26 Å². The highest BCUT2D eigenvalue weighted by Gasteiger charge is 2.25. The van der Waals surface area contributed by atoms with Gasteiger partial charge in [0, 0.05) is 5.56 Å². The molecular formula is C16H9FN2OS. The molecule has 0 saturated heterocycles. The highest BCUT2D eigenvalue weighted by molar-refractivity contribution is 7.18. The number of nitrogens with zero attached hydrogens (tertiary/aromatic N) is 2. The molecule has 0 aliphatic heterocycles. The molecule has 5 heteroatoms. The van der Waals surface area contributed by atoms with Crippen molar-refractivity contribution in [1.82, 2.24) is 4.98 Å². The molecule has 3 nitrogen and oxygen atoms in total. The third-order valence-electron chi connectivity index (χ3n) is 3.06. The lowest BCUT2D eigenvalue weighted by Gasteiger charge is -2.04. The van der Waals surface area contributed by atoms with Crippen molar-refractivity contribution in [2.45, 2.75) is 5.92 Å². The minimum absolute atomic E-state index is 0.181. The predicted molar refractivity (Wildman–Crippen MR) is 78.7 cm³/mol. The van der Waals surface area contributed by atoms with Crippen LogP contribution in [0.3, 0.4) is 0 Å². The molecule has 0 radical (unpaired) electrons. The van der Waals surface area contributed by atoms with E-state index in [4.69, 9.17) is 0 Å². The number of benzene rings is 2. The van der Waals surface area contributed by atoms with Crippen molar-refractivity contribution in [2.24, 2.45) is 0 Å². The fraction of sp³-hybridized carbons (Fsp3) is 0.0625. The number of para-hydroxylation sites is 1. The van der Waals surface area contributed by atoms with Crippen molar-refractivity contribution in [3.63, 3.8) is 0 Å². The summed E-state index contributed by atoms with van der Waals surface area (Å²) < 4.78 is 14.1. The summed E-state index contributed by atoms with van der Waals surface area (Å²) in [4.78, 5) is 16.7. The van der Waals surface area contributed by atoms with E-state index in [1.54, 1.807) is 0 Å². The Morgan fingerprint density at radius 3 is 2.76 bits per heavy atom. The van der Waals surface area contributed by atoms with Gasteiger partial charge >= 0.3 is 0 Å². The first-order valence-corrected chi connectivity index (χ1v) is 7.05. The van der Waals surface area contributed by atoms with Crippen LogP contribution in [-0.2, 0) is 0 Å². The molecule has 3 rings (SSSR count). The molecular weight excluding hydrogens is 287 g/mol. The number of hydrogen-bond donors (Lipinski definition) is 0. The van der Waals surface area contributed by atoms with Crippen LogP contribution in [0.2, 0.25) is 0 Å². The van der Waals surface area contributed by atoms with Crippen LogP contribution < -0.4 is 0 Å². The van der Waals surface area contributed by atoms with Crippen LogP contribution in [-0.4, -0.2) is 10.8 Å². The normalized spacial score (nSPS) is 12.0. The van der Waals surface area contributed by atoms with E-state index in [1.807, 2.05) is 30.3 Å². The minimum atomic E-state index is -1.01. The van der Waals surface area contributed by atoms with E-state index in [9.17, 15) is 14.4 Å². The van der Waals surface area contributed by atoms with Gasteiger partial charge in [-0.1, -0.05) is 24.3 Å². The number of carbonyl (C=O) groups excluding carboxylic acids is 1. The molecule has 0 aliphatic carbocycles. The van der Waals surface area contributed by atoms with Crippen molar-refractivity contribution in [1.29, 1.82) is 5.26 Å². The molecule has 0 bridgehead atoms. The average Bonchev–Trinajstić information content (AvgIpc) is 2.91. The lowest BCUT2D eigenvalue weighted by atomic mass is 9.99. The van der Waals surface area contributed by atoms with Gasteiger partial charge in [0.05, 0.1) is 16.3 Å². The molecule has 0 fully saturated rings. The smallest absolute Gasteiger partial charge is 0.187 e. The van der Waals surface area contributed by atoms with E-state index < -0.39 is 17.5 Å². The van der Waals surface area contributed by atoms with Gasteiger partial charge in [0.2, 0.25) is 0 Å². The summed E-state index contributed by atoms with van der Waals surface area (Å²) in [5.41, 5.74) is 0.936. The van der Waals surface area contributed by atoms with Crippen LogP contribution in [0.15, 0.2) is 48.5 Å². The Hall–Kier alpha value is -2.58. The maximum absolute atomic E-state index is 13.2. The molecule has 0 spiro atoms. The average molecular weight is 296 g/mol. The Morgan fingerprint density at radius 1 is 1.24 bits per heavy atom. The van der Waals surface area contributed by atoms with Gasteiger partial charge in [0.15, 0.2) is 11.7 Å². The molecule has 3 aromatic rings. The SMILES string of the molecule is N#C[C@@H](C(=O)c1cccc(F)c1)c1nc2ccccc2s1. The highest BCUT2D eigenvalue weighted by atomic mass is 32.1. The fourth-order valence-electron chi connectivity index (χ4n) is 2.05. The summed E-state index contributed by atoms with van der Waals surface area (Å²) in [6, 6.07) is 14.8. The lowest BCUT2D eigenvalue weighted by molar-refractivity contribution is 0.0978. The summed E-state index contributed by atoms with van der Waals surface area (Å²) in [5.74, 6) is -1.94. The number of nitriles is 1. The quantitative estimate of drug-likeness (QED) is 0.688. The number of hydrogen-bond acceptors (Lipinski definition) is 4. The second kappa shape index (κ2) is 5.43. The highest BCUT2D eigenvalue weighted by Crippen LogP contribution is 2.29. The Labute approximate surface area is 124 Å². The van der Waals surface area contributed by atoms with Gasteiger partial charge < -0.3 is 0 Å². The number of ketones is 1. The lowest BCUT2D eigenvalue weighted by Crippen LogP contribution is -2.11. The van der Waals surface area contributed by atoms with Crippen LogP contribution in [0.5, 0.6) is 0 Å². The van der Waals surface area contributed by atoms with Gasteiger partial charge in [0.1, 0.15) is 10.8 Å². The summed E-state index contributed by atoms with van der Waals surface area (Å²) in [5, 5.41) is 9.75. The van der Waals surface area contributed by atoms with Crippen molar-refractivity contribution in [3.05, 3.63) is 64.9 Å². The maximum atomic E-state index is 13.2. The van der Waals surface area contributed by atoms with E-state index >= 15 is 0 Å². The van der Waals surface area contributed by atoms with Gasteiger partial charge in [-0.25, -0.2) is 9.37 Å². The standard InChI is InChI=1S/C16H9FN2OS/c17-11-5-3-4-10(8-11)15(20)12(9-18)16-19-13-6-1-2-7-14(13)21-16/h1-8,12H/t12-/m0/s1. The van der Waals surface area contributed by atoms with Gasteiger partial charge in [-0.3, -0.25) is 4.79 Å². The Balaban J connectivity index is 2.02. The van der Waals surface area contributed by atoms with E-state index in [0.29, 0.717) is 5.01 Å². The summed E-state index contributed by atoms with van der Waals surface area (Å²) in [7, 11) is 0. The monoisotopic (exact) mass is 296 g/mol. The molecule has 1 atom stereocenters. The number of thiazole rings is 1. The largest absolute Gasteiger partial charge is 0.292 e. The predicted octanol–water partition coefficient (Wildman–Crippen LogP) is 3.93. The van der Waals surface area contributed by atoms with Crippen molar-refractivity contribution in [2.75, 3.05) is 0 Å². The second-order valence-electron chi connectivity index (χ2n) is 4.46. The Kier molecular flexibility index (Phi) is 3.46. The number of rotatable bonds is 3. The van der Waals surface area contributed by atoms with Crippen LogP contribution >= 0.6 is 11.3 Å². The zero-order valence-corrected chi connectivity index (χ0v) is 11.6. The van der Waals surface area contributed by atoms with E-state index in [0.717, 1.165) is 16.3 Å². The summed E-state index contributed by atoms with van der Waals surface area (Å²) in [6.07, 6.45) is 0. The molecule has 0 N–H and O–H groups in total. The first kappa shape index (κ1) is 13.4. The first-order valence-electron chi connectivity index (χ1n) is 6.24. The van der Waals surface area contributed by atoms with Crippen LogP contribution in [0.25, 0.3) is 10.2 Å². The number of aromatic nitrogens is 1. The molecule has 0 aliphatic rings.